The van der Waals surface area contributed by atoms with E-state index in [4.69, 9.17) is 0 Å². The van der Waals surface area contributed by atoms with E-state index in [-0.39, 0.29) is 0 Å². The molecule has 0 aliphatic carbocycles. The van der Waals surface area contributed by atoms with Crippen LogP contribution in [0.25, 0.3) is 0 Å². The van der Waals surface area contributed by atoms with Crippen LogP contribution in [0.1, 0.15) is 38.2 Å². The minimum Gasteiger partial charge on any atom is -0.382 e. The number of para-hydroxylation sites is 1. The molecule has 0 unspecified atom stereocenters. The van der Waals surface area contributed by atoms with Gasteiger partial charge in [-0.25, -0.2) is 0 Å². The van der Waals surface area contributed by atoms with Gasteiger partial charge in [-0.1, -0.05) is 32.0 Å². The molecule has 3 heteroatoms. The third-order valence-electron chi connectivity index (χ3n) is 3.33. The quantitative estimate of drug-likeness (QED) is 0.894. The number of rotatable bonds is 3. The second kappa shape index (κ2) is 5.67. The van der Waals surface area contributed by atoms with E-state index in [1.165, 1.54) is 11.3 Å². The highest BCUT2D eigenvalue weighted by Crippen LogP contribution is 2.26. The molecule has 0 amide bonds. The summed E-state index contributed by atoms with van der Waals surface area (Å²) >= 11 is 0. The van der Waals surface area contributed by atoms with E-state index in [0.717, 1.165) is 24.3 Å². The van der Waals surface area contributed by atoms with E-state index in [9.17, 15) is 4.21 Å². The van der Waals surface area contributed by atoms with Crippen molar-refractivity contribution in [3.8, 4) is 0 Å². The molecule has 2 rings (SSSR count). The molecular weight excluding hydrogens is 230 g/mol. The van der Waals surface area contributed by atoms with Gasteiger partial charge in [0.25, 0.3) is 0 Å². The molecular formula is C14H21NOS. The fraction of sp³-hybridized carbons (Fsp3) is 0.571. The van der Waals surface area contributed by atoms with E-state index in [2.05, 4.69) is 43.4 Å². The summed E-state index contributed by atoms with van der Waals surface area (Å²) in [7, 11) is -0.573. The van der Waals surface area contributed by atoms with Crippen molar-refractivity contribution in [2.24, 2.45) is 0 Å². The Bertz CT molecular complexity index is 393. The first-order chi connectivity index (χ1) is 8.16. The summed E-state index contributed by atoms with van der Waals surface area (Å²) in [6.45, 7) is 4.44. The molecule has 1 aliphatic heterocycles. The van der Waals surface area contributed by atoms with E-state index in [0.29, 0.717) is 12.0 Å². The standard InChI is InChI=1S/C14H21NOS/c1-11(2)13-5-3-4-6-14(13)15-12-7-9-17(16)10-8-12/h3-6,11-12,15H,7-10H2,1-2H3. The minimum absolute atomic E-state index is 0.493. The van der Waals surface area contributed by atoms with Gasteiger partial charge in [0.05, 0.1) is 0 Å². The Morgan fingerprint density at radius 1 is 1.24 bits per heavy atom. The molecule has 1 aromatic rings. The van der Waals surface area contributed by atoms with E-state index >= 15 is 0 Å². The van der Waals surface area contributed by atoms with Gasteiger partial charge in [-0.15, -0.1) is 0 Å². The second-order valence-electron chi connectivity index (χ2n) is 5.01. The molecule has 0 bridgehead atoms. The SMILES string of the molecule is CC(C)c1ccccc1NC1CCS(=O)CC1. The number of hydrogen-bond acceptors (Lipinski definition) is 2. The van der Waals surface area contributed by atoms with Crippen molar-refractivity contribution in [1.29, 1.82) is 0 Å². The van der Waals surface area contributed by atoms with Gasteiger partial charge < -0.3 is 5.32 Å². The average molecular weight is 251 g/mol. The van der Waals surface area contributed by atoms with Gasteiger partial charge in [-0.05, 0) is 30.4 Å². The lowest BCUT2D eigenvalue weighted by molar-refractivity contribution is 0.623. The Balaban J connectivity index is 2.05. The largest absolute Gasteiger partial charge is 0.382 e. The molecule has 1 aromatic carbocycles. The zero-order chi connectivity index (χ0) is 12.3. The molecule has 0 aromatic heterocycles. The fourth-order valence-corrected chi connectivity index (χ4v) is 3.59. The van der Waals surface area contributed by atoms with Crippen molar-refractivity contribution < 1.29 is 4.21 Å². The van der Waals surface area contributed by atoms with Crippen molar-refractivity contribution >= 4 is 16.5 Å². The lowest BCUT2D eigenvalue weighted by atomic mass is 10.00. The lowest BCUT2D eigenvalue weighted by Crippen LogP contribution is -2.29. The third kappa shape index (κ3) is 3.32. The van der Waals surface area contributed by atoms with Crippen LogP contribution in [0.5, 0.6) is 0 Å². The van der Waals surface area contributed by atoms with Crippen molar-refractivity contribution in [2.45, 2.75) is 38.6 Å². The summed E-state index contributed by atoms with van der Waals surface area (Å²) < 4.78 is 11.3. The van der Waals surface area contributed by atoms with Crippen LogP contribution in [0.4, 0.5) is 5.69 Å². The zero-order valence-corrected chi connectivity index (χ0v) is 11.4. The maximum atomic E-state index is 11.3. The molecule has 17 heavy (non-hydrogen) atoms. The smallest absolute Gasteiger partial charge is 0.0377 e. The third-order valence-corrected chi connectivity index (χ3v) is 4.71. The lowest BCUT2D eigenvalue weighted by Gasteiger charge is -2.25. The summed E-state index contributed by atoms with van der Waals surface area (Å²) in [6, 6.07) is 9.01. The average Bonchev–Trinajstić information content (AvgIpc) is 2.32. The van der Waals surface area contributed by atoms with Gasteiger partial charge in [0.2, 0.25) is 0 Å². The molecule has 1 fully saturated rings. The maximum Gasteiger partial charge on any atom is 0.0377 e. The van der Waals surface area contributed by atoms with Crippen LogP contribution in [0, 0.1) is 0 Å². The van der Waals surface area contributed by atoms with Gasteiger partial charge in [0, 0.05) is 34.0 Å². The molecule has 0 spiro atoms. The van der Waals surface area contributed by atoms with Crippen LogP contribution in [-0.4, -0.2) is 21.8 Å². The van der Waals surface area contributed by atoms with Crippen LogP contribution in [0.2, 0.25) is 0 Å². The van der Waals surface area contributed by atoms with E-state index in [1.54, 1.807) is 0 Å². The Hall–Kier alpha value is -0.830. The first-order valence-corrected chi connectivity index (χ1v) is 7.86. The molecule has 1 heterocycles. The van der Waals surface area contributed by atoms with Gasteiger partial charge in [-0.2, -0.15) is 0 Å². The Labute approximate surface area is 106 Å². The van der Waals surface area contributed by atoms with Crippen LogP contribution < -0.4 is 5.32 Å². The summed E-state index contributed by atoms with van der Waals surface area (Å²) in [5, 5.41) is 3.62. The molecule has 1 N–H and O–H groups in total. The number of benzene rings is 1. The molecule has 1 aliphatic rings. The molecule has 2 nitrogen and oxygen atoms in total. The summed E-state index contributed by atoms with van der Waals surface area (Å²) in [5.74, 6) is 2.24. The van der Waals surface area contributed by atoms with Crippen LogP contribution in [0.3, 0.4) is 0 Å². The molecule has 0 radical (unpaired) electrons. The van der Waals surface area contributed by atoms with Crippen molar-refractivity contribution in [3.63, 3.8) is 0 Å². The topological polar surface area (TPSA) is 29.1 Å². The summed E-state index contributed by atoms with van der Waals surface area (Å²) in [4.78, 5) is 0. The minimum atomic E-state index is -0.573. The van der Waals surface area contributed by atoms with Crippen LogP contribution in [0.15, 0.2) is 24.3 Å². The summed E-state index contributed by atoms with van der Waals surface area (Å²) in [6.07, 6.45) is 2.05. The van der Waals surface area contributed by atoms with E-state index in [1.807, 2.05) is 0 Å². The van der Waals surface area contributed by atoms with Crippen molar-refractivity contribution in [1.82, 2.24) is 0 Å². The van der Waals surface area contributed by atoms with Crippen molar-refractivity contribution in [3.05, 3.63) is 29.8 Å². The Morgan fingerprint density at radius 3 is 2.53 bits per heavy atom. The number of nitrogens with one attached hydrogen (secondary N) is 1. The second-order valence-corrected chi connectivity index (χ2v) is 6.70. The normalized spacial score (nSPS) is 24.9. The maximum absolute atomic E-state index is 11.3. The number of anilines is 1. The first-order valence-electron chi connectivity index (χ1n) is 6.37. The zero-order valence-electron chi connectivity index (χ0n) is 10.6. The Morgan fingerprint density at radius 2 is 1.88 bits per heavy atom. The van der Waals surface area contributed by atoms with E-state index < -0.39 is 10.8 Å². The van der Waals surface area contributed by atoms with Gasteiger partial charge in [0.1, 0.15) is 0 Å². The molecule has 0 atom stereocenters. The van der Waals surface area contributed by atoms with Crippen molar-refractivity contribution in [2.75, 3.05) is 16.8 Å². The highest BCUT2D eigenvalue weighted by Gasteiger charge is 2.18. The molecule has 1 saturated heterocycles. The monoisotopic (exact) mass is 251 g/mol. The van der Waals surface area contributed by atoms with Crippen LogP contribution in [-0.2, 0) is 10.8 Å². The summed E-state index contributed by atoms with van der Waals surface area (Å²) in [5.41, 5.74) is 2.62. The fourth-order valence-electron chi connectivity index (χ4n) is 2.29. The van der Waals surface area contributed by atoms with Gasteiger partial charge in [-0.3, -0.25) is 4.21 Å². The Kier molecular flexibility index (Phi) is 4.21. The van der Waals surface area contributed by atoms with Gasteiger partial charge in [0.15, 0.2) is 0 Å². The first kappa shape index (κ1) is 12.6. The predicted octanol–water partition coefficient (Wildman–Crippen LogP) is 3.13. The molecule has 0 saturated carbocycles. The highest BCUT2D eigenvalue weighted by molar-refractivity contribution is 7.85. The number of hydrogen-bond donors (Lipinski definition) is 1. The predicted molar refractivity (Wildman–Crippen MR) is 75.1 cm³/mol. The molecule has 94 valence electrons. The highest BCUT2D eigenvalue weighted by atomic mass is 32.2. The van der Waals surface area contributed by atoms with Gasteiger partial charge >= 0.3 is 0 Å². The van der Waals surface area contributed by atoms with Crippen LogP contribution >= 0.6 is 0 Å².